The van der Waals surface area contributed by atoms with Gasteiger partial charge in [0.1, 0.15) is 11.4 Å². The summed E-state index contributed by atoms with van der Waals surface area (Å²) in [5.74, 6) is 0.844. The standard InChI is InChI=1S/C21H24N8S/c1-2-14-28-24-19(20(25-28)17-9-5-3-6-10-17)16-22-13-15-30-21-23-26-27-29(21)18-11-7-4-8-12-18/h3-12,22H,2,13-16H2,1H3. The molecular weight excluding hydrogens is 396 g/mol. The van der Waals surface area contributed by atoms with Crippen LogP contribution in [0.3, 0.4) is 0 Å². The zero-order valence-corrected chi connectivity index (χ0v) is 17.7. The normalized spacial score (nSPS) is 11.1. The van der Waals surface area contributed by atoms with Crippen LogP contribution in [0.5, 0.6) is 0 Å². The summed E-state index contributed by atoms with van der Waals surface area (Å²) < 4.78 is 1.76. The number of nitrogens with zero attached hydrogens (tertiary/aromatic N) is 7. The monoisotopic (exact) mass is 420 g/mol. The van der Waals surface area contributed by atoms with Gasteiger partial charge in [-0.15, -0.1) is 5.10 Å². The summed E-state index contributed by atoms with van der Waals surface area (Å²) in [6.07, 6.45) is 1.00. The first-order valence-corrected chi connectivity index (χ1v) is 11.0. The number of hydrogen-bond acceptors (Lipinski definition) is 7. The smallest absolute Gasteiger partial charge is 0.214 e. The van der Waals surface area contributed by atoms with Crippen LogP contribution in [0.2, 0.25) is 0 Å². The molecule has 154 valence electrons. The molecule has 2 aromatic heterocycles. The first kappa shape index (κ1) is 20.2. The fourth-order valence-corrected chi connectivity index (χ4v) is 3.83. The van der Waals surface area contributed by atoms with Gasteiger partial charge in [-0.1, -0.05) is 67.2 Å². The summed E-state index contributed by atoms with van der Waals surface area (Å²) in [4.78, 5) is 1.79. The lowest BCUT2D eigenvalue weighted by Crippen LogP contribution is -2.18. The van der Waals surface area contributed by atoms with Crippen molar-refractivity contribution >= 4 is 11.8 Å². The van der Waals surface area contributed by atoms with Crippen LogP contribution in [0.4, 0.5) is 0 Å². The number of benzene rings is 2. The Hall–Kier alpha value is -3.04. The van der Waals surface area contributed by atoms with Crippen LogP contribution in [0.25, 0.3) is 16.9 Å². The molecule has 0 bridgehead atoms. The second kappa shape index (κ2) is 10.1. The minimum atomic E-state index is 0.665. The van der Waals surface area contributed by atoms with E-state index in [2.05, 4.69) is 50.1 Å². The molecule has 30 heavy (non-hydrogen) atoms. The maximum absolute atomic E-state index is 4.69. The van der Waals surface area contributed by atoms with Gasteiger partial charge in [-0.2, -0.15) is 19.7 Å². The van der Waals surface area contributed by atoms with Crippen molar-refractivity contribution < 1.29 is 0 Å². The molecule has 2 aromatic carbocycles. The van der Waals surface area contributed by atoms with Crippen LogP contribution >= 0.6 is 11.8 Å². The molecule has 0 fully saturated rings. The average molecular weight is 421 g/mol. The van der Waals surface area contributed by atoms with Crippen LogP contribution in [0.15, 0.2) is 65.8 Å². The Bertz CT molecular complexity index is 1050. The first-order valence-electron chi connectivity index (χ1n) is 10.0. The minimum Gasteiger partial charge on any atom is -0.310 e. The van der Waals surface area contributed by atoms with Gasteiger partial charge in [-0.3, -0.25) is 0 Å². The van der Waals surface area contributed by atoms with Gasteiger partial charge >= 0.3 is 0 Å². The fourth-order valence-electron chi connectivity index (χ4n) is 3.04. The van der Waals surface area contributed by atoms with Gasteiger partial charge in [0.05, 0.1) is 12.2 Å². The summed E-state index contributed by atoms with van der Waals surface area (Å²) in [6, 6.07) is 20.1. The SMILES string of the molecule is CCCn1nc(CNCCSc2nnnn2-c2ccccc2)c(-c2ccccc2)n1. The van der Waals surface area contributed by atoms with E-state index in [1.807, 2.05) is 48.5 Å². The van der Waals surface area contributed by atoms with Crippen molar-refractivity contribution in [1.82, 2.24) is 40.5 Å². The fraction of sp³-hybridized carbons (Fsp3) is 0.286. The van der Waals surface area contributed by atoms with Crippen LogP contribution in [-0.2, 0) is 13.1 Å². The first-order chi connectivity index (χ1) is 14.8. The molecule has 9 heteroatoms. The highest BCUT2D eigenvalue weighted by atomic mass is 32.2. The average Bonchev–Trinajstić information content (AvgIpc) is 3.42. The highest BCUT2D eigenvalue weighted by molar-refractivity contribution is 7.99. The predicted molar refractivity (Wildman–Crippen MR) is 117 cm³/mol. The van der Waals surface area contributed by atoms with Gasteiger partial charge in [0.15, 0.2) is 0 Å². The molecule has 0 saturated carbocycles. The molecule has 0 unspecified atom stereocenters. The number of aryl methyl sites for hydroxylation is 1. The molecule has 0 aliphatic carbocycles. The van der Waals surface area contributed by atoms with Crippen molar-refractivity contribution in [2.75, 3.05) is 12.3 Å². The number of hydrogen-bond donors (Lipinski definition) is 1. The van der Waals surface area contributed by atoms with E-state index in [4.69, 9.17) is 0 Å². The van der Waals surface area contributed by atoms with Crippen LogP contribution < -0.4 is 5.32 Å². The summed E-state index contributed by atoms with van der Waals surface area (Å²) >= 11 is 1.62. The zero-order chi connectivity index (χ0) is 20.6. The lowest BCUT2D eigenvalue weighted by atomic mass is 10.1. The number of thioether (sulfide) groups is 1. The van der Waals surface area contributed by atoms with Crippen LogP contribution in [-0.4, -0.2) is 47.5 Å². The molecule has 0 saturated heterocycles. The number of tetrazole rings is 1. The van der Waals surface area contributed by atoms with E-state index in [-0.39, 0.29) is 0 Å². The van der Waals surface area contributed by atoms with Crippen molar-refractivity contribution in [3.63, 3.8) is 0 Å². The Kier molecular flexibility index (Phi) is 6.83. The molecule has 0 spiro atoms. The molecule has 4 aromatic rings. The largest absolute Gasteiger partial charge is 0.310 e. The van der Waals surface area contributed by atoms with E-state index >= 15 is 0 Å². The molecule has 1 N–H and O–H groups in total. The summed E-state index contributed by atoms with van der Waals surface area (Å²) in [7, 11) is 0. The van der Waals surface area contributed by atoms with Crippen molar-refractivity contribution in [1.29, 1.82) is 0 Å². The van der Waals surface area contributed by atoms with Gasteiger partial charge < -0.3 is 5.32 Å². The highest BCUT2D eigenvalue weighted by Gasteiger charge is 2.13. The third-order valence-corrected chi connectivity index (χ3v) is 5.36. The zero-order valence-electron chi connectivity index (χ0n) is 16.8. The van der Waals surface area contributed by atoms with Gasteiger partial charge in [-0.05, 0) is 29.0 Å². The Morgan fingerprint density at radius 1 is 0.967 bits per heavy atom. The number of aromatic nitrogens is 7. The second-order valence-electron chi connectivity index (χ2n) is 6.69. The summed E-state index contributed by atoms with van der Waals surface area (Å²) in [5, 5.41) is 25.7. The van der Waals surface area contributed by atoms with E-state index < -0.39 is 0 Å². The second-order valence-corrected chi connectivity index (χ2v) is 7.75. The molecule has 0 radical (unpaired) electrons. The Labute approximate surface area is 179 Å². The van der Waals surface area contributed by atoms with Crippen molar-refractivity contribution in [2.24, 2.45) is 0 Å². The lowest BCUT2D eigenvalue weighted by molar-refractivity contribution is 0.522. The molecule has 0 aliphatic rings. The molecule has 4 rings (SSSR count). The van der Waals surface area contributed by atoms with E-state index in [1.54, 1.807) is 21.2 Å². The van der Waals surface area contributed by atoms with Gasteiger partial charge in [-0.25, -0.2) is 0 Å². The van der Waals surface area contributed by atoms with E-state index in [1.165, 1.54) is 0 Å². The van der Waals surface area contributed by atoms with Crippen LogP contribution in [0, 0.1) is 0 Å². The summed E-state index contributed by atoms with van der Waals surface area (Å²) in [6.45, 7) is 4.42. The third-order valence-electron chi connectivity index (χ3n) is 4.44. The molecule has 0 amide bonds. The minimum absolute atomic E-state index is 0.665. The number of para-hydroxylation sites is 1. The van der Waals surface area contributed by atoms with Gasteiger partial charge in [0.25, 0.3) is 0 Å². The van der Waals surface area contributed by atoms with Crippen LogP contribution in [0.1, 0.15) is 19.0 Å². The van der Waals surface area contributed by atoms with Gasteiger partial charge in [0, 0.05) is 24.4 Å². The van der Waals surface area contributed by atoms with E-state index in [0.29, 0.717) is 6.54 Å². The van der Waals surface area contributed by atoms with Gasteiger partial charge in [0.2, 0.25) is 5.16 Å². The third kappa shape index (κ3) is 4.92. The molecule has 2 heterocycles. The lowest BCUT2D eigenvalue weighted by Gasteiger charge is -2.05. The van der Waals surface area contributed by atoms with E-state index in [9.17, 15) is 0 Å². The highest BCUT2D eigenvalue weighted by Crippen LogP contribution is 2.20. The van der Waals surface area contributed by atoms with Crippen molar-refractivity contribution in [3.05, 3.63) is 66.4 Å². The Balaban J connectivity index is 1.34. The molecule has 0 aliphatic heterocycles. The molecular formula is C21H24N8S. The molecule has 0 atom stereocenters. The Morgan fingerprint density at radius 2 is 1.73 bits per heavy atom. The number of nitrogens with one attached hydrogen (secondary N) is 1. The maximum Gasteiger partial charge on any atom is 0.214 e. The van der Waals surface area contributed by atoms with E-state index in [0.717, 1.165) is 53.1 Å². The Morgan fingerprint density at radius 3 is 2.50 bits per heavy atom. The van der Waals surface area contributed by atoms with Crippen molar-refractivity contribution in [3.8, 4) is 16.9 Å². The van der Waals surface area contributed by atoms with Crippen molar-refractivity contribution in [2.45, 2.75) is 31.6 Å². The maximum atomic E-state index is 4.69. The molecule has 8 nitrogen and oxygen atoms in total. The summed E-state index contributed by atoms with van der Waals surface area (Å²) in [5.41, 5.74) is 3.96. The quantitative estimate of drug-likeness (QED) is 0.311. The predicted octanol–water partition coefficient (Wildman–Crippen LogP) is 3.21. The topological polar surface area (TPSA) is 86.3 Å². The number of rotatable bonds is 10.